The SMILES string of the molecule is Cn1cc(C(=O)Cc2ccnc(C(F)(F)F)c2)c2cc(C(F)(F)F)ccc21. The smallest absolute Gasteiger partial charge is 0.350 e. The van der Waals surface area contributed by atoms with Gasteiger partial charge in [0.05, 0.1) is 5.56 Å². The van der Waals surface area contributed by atoms with Crippen LogP contribution in [0.25, 0.3) is 10.9 Å². The Kier molecular flexibility index (Phi) is 4.49. The summed E-state index contributed by atoms with van der Waals surface area (Å²) < 4.78 is 78.6. The summed E-state index contributed by atoms with van der Waals surface area (Å²) in [5.74, 6) is -0.584. The van der Waals surface area contributed by atoms with Crippen molar-refractivity contribution in [1.82, 2.24) is 9.55 Å². The number of carbonyl (C=O) groups excluding carboxylic acids is 1. The molecular formula is C18H12F6N2O. The number of benzene rings is 1. The van der Waals surface area contributed by atoms with Crippen molar-refractivity contribution >= 4 is 16.7 Å². The molecule has 3 aromatic rings. The van der Waals surface area contributed by atoms with Gasteiger partial charge < -0.3 is 4.57 Å². The van der Waals surface area contributed by atoms with Crippen molar-refractivity contribution in [3.05, 3.63) is 65.1 Å². The summed E-state index contributed by atoms with van der Waals surface area (Å²) in [7, 11) is 1.57. The Balaban J connectivity index is 1.99. The fraction of sp³-hybridized carbons (Fsp3) is 0.222. The van der Waals surface area contributed by atoms with Crippen molar-refractivity contribution in [3.63, 3.8) is 0 Å². The largest absolute Gasteiger partial charge is 0.433 e. The fourth-order valence-corrected chi connectivity index (χ4v) is 2.81. The molecule has 27 heavy (non-hydrogen) atoms. The van der Waals surface area contributed by atoms with Gasteiger partial charge in [0.25, 0.3) is 0 Å². The Morgan fingerprint density at radius 3 is 2.37 bits per heavy atom. The number of nitrogens with zero attached hydrogens (tertiary/aromatic N) is 2. The van der Waals surface area contributed by atoms with Gasteiger partial charge in [0, 0.05) is 42.3 Å². The third kappa shape index (κ3) is 3.81. The van der Waals surface area contributed by atoms with E-state index in [-0.39, 0.29) is 22.9 Å². The summed E-state index contributed by atoms with van der Waals surface area (Å²) in [5, 5.41) is 0.0995. The van der Waals surface area contributed by atoms with Gasteiger partial charge in [0.2, 0.25) is 0 Å². The van der Waals surface area contributed by atoms with Gasteiger partial charge in [-0.25, -0.2) is 0 Å². The molecule has 0 saturated carbocycles. The van der Waals surface area contributed by atoms with Crippen LogP contribution in [0.1, 0.15) is 27.2 Å². The number of carbonyl (C=O) groups is 1. The first-order chi connectivity index (χ1) is 12.5. The highest BCUT2D eigenvalue weighted by molar-refractivity contribution is 6.09. The molecule has 0 aliphatic heterocycles. The molecule has 0 amide bonds. The standard InChI is InChI=1S/C18H12F6N2O/c1-26-9-13(12-8-11(17(19,20)21)2-3-14(12)26)15(27)6-10-4-5-25-16(7-10)18(22,23)24/h2-5,7-9H,6H2,1H3. The summed E-state index contributed by atoms with van der Waals surface area (Å²) in [4.78, 5) is 15.8. The number of hydrogen-bond donors (Lipinski definition) is 0. The van der Waals surface area contributed by atoms with Crippen LogP contribution in [-0.4, -0.2) is 15.3 Å². The van der Waals surface area contributed by atoms with E-state index >= 15 is 0 Å². The molecule has 0 bridgehead atoms. The van der Waals surface area contributed by atoms with Crippen LogP contribution in [0.2, 0.25) is 0 Å². The van der Waals surface area contributed by atoms with Crippen molar-refractivity contribution in [2.45, 2.75) is 18.8 Å². The summed E-state index contributed by atoms with van der Waals surface area (Å²) in [6.07, 6.45) is -7.30. The van der Waals surface area contributed by atoms with E-state index in [9.17, 15) is 31.1 Å². The van der Waals surface area contributed by atoms with E-state index < -0.39 is 29.4 Å². The Hall–Kier alpha value is -2.84. The van der Waals surface area contributed by atoms with E-state index in [0.717, 1.165) is 24.4 Å². The molecule has 0 spiro atoms. The molecule has 142 valence electrons. The lowest BCUT2D eigenvalue weighted by atomic mass is 10.0. The lowest BCUT2D eigenvalue weighted by Gasteiger charge is -2.08. The van der Waals surface area contributed by atoms with Gasteiger partial charge in [0.15, 0.2) is 5.78 Å². The normalized spacial score (nSPS) is 12.6. The number of aromatic nitrogens is 2. The van der Waals surface area contributed by atoms with Gasteiger partial charge in [0.1, 0.15) is 5.69 Å². The Labute approximate surface area is 149 Å². The topological polar surface area (TPSA) is 34.9 Å². The van der Waals surface area contributed by atoms with Gasteiger partial charge in [-0.2, -0.15) is 26.3 Å². The van der Waals surface area contributed by atoms with Gasteiger partial charge in [-0.1, -0.05) is 0 Å². The van der Waals surface area contributed by atoms with E-state index in [4.69, 9.17) is 0 Å². The third-order valence-corrected chi connectivity index (χ3v) is 4.10. The number of halogens is 6. The van der Waals surface area contributed by atoms with Gasteiger partial charge in [-0.3, -0.25) is 9.78 Å². The Morgan fingerprint density at radius 1 is 1.04 bits per heavy atom. The molecule has 0 saturated heterocycles. The van der Waals surface area contributed by atoms with Gasteiger partial charge in [-0.15, -0.1) is 0 Å². The Bertz CT molecular complexity index is 1020. The maximum atomic E-state index is 13.0. The summed E-state index contributed by atoms with van der Waals surface area (Å²) in [6, 6.07) is 5.05. The third-order valence-electron chi connectivity index (χ3n) is 4.10. The lowest BCUT2D eigenvalue weighted by Crippen LogP contribution is -2.10. The number of aryl methyl sites for hydroxylation is 1. The van der Waals surface area contributed by atoms with Crippen LogP contribution < -0.4 is 0 Å². The molecule has 0 unspecified atom stereocenters. The molecule has 0 N–H and O–H groups in total. The number of Topliss-reactive ketones (excluding diaryl/α,β-unsaturated/α-hetero) is 1. The molecule has 2 heterocycles. The summed E-state index contributed by atoms with van der Waals surface area (Å²) in [5.41, 5.74) is -1.53. The lowest BCUT2D eigenvalue weighted by molar-refractivity contribution is -0.141. The first-order valence-electron chi connectivity index (χ1n) is 7.68. The molecule has 2 aromatic heterocycles. The second-order valence-electron chi connectivity index (χ2n) is 6.03. The summed E-state index contributed by atoms with van der Waals surface area (Å²) in [6.45, 7) is 0. The van der Waals surface area contributed by atoms with Crippen LogP contribution in [0.4, 0.5) is 26.3 Å². The van der Waals surface area contributed by atoms with Crippen LogP contribution in [-0.2, 0) is 25.8 Å². The maximum Gasteiger partial charge on any atom is 0.433 e. The zero-order chi connectivity index (χ0) is 20.0. The minimum Gasteiger partial charge on any atom is -0.350 e. The van der Waals surface area contributed by atoms with Crippen LogP contribution in [0, 0.1) is 0 Å². The fourth-order valence-electron chi connectivity index (χ4n) is 2.81. The first-order valence-corrected chi connectivity index (χ1v) is 7.68. The molecule has 3 rings (SSSR count). The maximum absolute atomic E-state index is 13.0. The minimum atomic E-state index is -4.65. The molecule has 0 aliphatic rings. The molecule has 0 aliphatic carbocycles. The van der Waals surface area contributed by atoms with Gasteiger partial charge >= 0.3 is 12.4 Å². The second kappa shape index (κ2) is 6.40. The van der Waals surface area contributed by atoms with Crippen LogP contribution in [0.5, 0.6) is 0 Å². The average molecular weight is 386 g/mol. The van der Waals surface area contributed by atoms with Gasteiger partial charge in [-0.05, 0) is 35.9 Å². The molecule has 0 atom stereocenters. The number of hydrogen-bond acceptors (Lipinski definition) is 2. The van der Waals surface area contributed by atoms with Crippen molar-refractivity contribution in [3.8, 4) is 0 Å². The molecular weight excluding hydrogens is 374 g/mol. The van der Waals surface area contributed by atoms with Crippen LogP contribution in [0.15, 0.2) is 42.7 Å². The number of ketones is 1. The first kappa shape index (κ1) is 18.9. The Morgan fingerprint density at radius 2 is 1.74 bits per heavy atom. The zero-order valence-electron chi connectivity index (χ0n) is 13.8. The van der Waals surface area contributed by atoms with E-state index in [1.807, 2.05) is 0 Å². The molecule has 1 aromatic carbocycles. The minimum absolute atomic E-state index is 0.0176. The van der Waals surface area contributed by atoms with Crippen LogP contribution >= 0.6 is 0 Å². The monoisotopic (exact) mass is 386 g/mol. The highest BCUT2D eigenvalue weighted by Crippen LogP contribution is 2.33. The molecule has 0 radical (unpaired) electrons. The predicted molar refractivity (Wildman–Crippen MR) is 85.2 cm³/mol. The van der Waals surface area contributed by atoms with Crippen LogP contribution in [0.3, 0.4) is 0 Å². The number of pyridine rings is 1. The van der Waals surface area contributed by atoms with E-state index in [1.165, 1.54) is 22.9 Å². The highest BCUT2D eigenvalue weighted by atomic mass is 19.4. The number of fused-ring (bicyclic) bond motifs is 1. The average Bonchev–Trinajstić information content (AvgIpc) is 2.90. The second-order valence-corrected chi connectivity index (χ2v) is 6.03. The van der Waals surface area contributed by atoms with E-state index in [0.29, 0.717) is 5.52 Å². The van der Waals surface area contributed by atoms with Crippen molar-refractivity contribution < 1.29 is 31.1 Å². The molecule has 0 fully saturated rings. The van der Waals surface area contributed by atoms with Crippen molar-refractivity contribution in [2.24, 2.45) is 7.05 Å². The molecule has 3 nitrogen and oxygen atoms in total. The van der Waals surface area contributed by atoms with Crippen molar-refractivity contribution in [2.75, 3.05) is 0 Å². The quantitative estimate of drug-likeness (QED) is 0.467. The molecule has 9 heteroatoms. The van der Waals surface area contributed by atoms with E-state index in [2.05, 4.69) is 4.98 Å². The number of rotatable bonds is 3. The summed E-state index contributed by atoms with van der Waals surface area (Å²) >= 11 is 0. The predicted octanol–water partition coefficient (Wildman–Crippen LogP) is 5.04. The highest BCUT2D eigenvalue weighted by Gasteiger charge is 2.33. The zero-order valence-corrected chi connectivity index (χ0v) is 13.8. The number of alkyl halides is 6. The van der Waals surface area contributed by atoms with Crippen molar-refractivity contribution in [1.29, 1.82) is 0 Å². The van der Waals surface area contributed by atoms with E-state index in [1.54, 1.807) is 7.05 Å².